The van der Waals surface area contributed by atoms with Crippen LogP contribution in [-0.4, -0.2) is 28.8 Å². The molecule has 4 nitrogen and oxygen atoms in total. The van der Waals surface area contributed by atoms with Crippen LogP contribution < -0.4 is 10.1 Å². The van der Waals surface area contributed by atoms with Crippen LogP contribution in [0.1, 0.15) is 44.4 Å². The Bertz CT molecular complexity index is 921. The molecule has 3 N–H and O–H groups in total. The Morgan fingerprint density at radius 2 is 1.93 bits per heavy atom. The van der Waals surface area contributed by atoms with Gasteiger partial charge >= 0.3 is 0 Å². The fourth-order valence-electron chi connectivity index (χ4n) is 3.13. The fraction of sp³-hybridized carbons (Fsp3) is 0.333. The number of ether oxygens (including phenoxy) is 1. The minimum Gasteiger partial charge on any atom is -0.493 e. The molecule has 1 unspecified atom stereocenters. The first-order valence-corrected chi connectivity index (χ1v) is 9.83. The predicted molar refractivity (Wildman–Crippen MR) is 117 cm³/mol. The summed E-state index contributed by atoms with van der Waals surface area (Å²) in [4.78, 5) is 3.21. The second-order valence-electron chi connectivity index (χ2n) is 8.01. The molecule has 1 atom stereocenters. The van der Waals surface area contributed by atoms with Crippen molar-refractivity contribution in [3.05, 3.63) is 71.9 Å². The lowest BCUT2D eigenvalue weighted by Gasteiger charge is -2.20. The Kier molecular flexibility index (Phi) is 6.55. The minimum absolute atomic E-state index is 0.112. The second-order valence-corrected chi connectivity index (χ2v) is 8.01. The van der Waals surface area contributed by atoms with Gasteiger partial charge in [0.25, 0.3) is 0 Å². The molecule has 0 radical (unpaired) electrons. The number of benzene rings is 2. The van der Waals surface area contributed by atoms with E-state index in [0.29, 0.717) is 6.61 Å². The summed E-state index contributed by atoms with van der Waals surface area (Å²) in [5.41, 5.74) is 3.05. The number of rotatable bonds is 8. The molecule has 0 saturated heterocycles. The first kappa shape index (κ1) is 20.2. The van der Waals surface area contributed by atoms with Gasteiger partial charge in [-0.15, -0.1) is 0 Å². The summed E-state index contributed by atoms with van der Waals surface area (Å²) in [5.74, 6) is 0.732. The molecular weight excluding hydrogens is 348 g/mol. The third-order valence-electron chi connectivity index (χ3n) is 4.56. The number of aliphatic hydroxyl groups is 1. The highest BCUT2D eigenvalue weighted by molar-refractivity contribution is 5.88. The highest BCUT2D eigenvalue weighted by Gasteiger charge is 2.11. The Morgan fingerprint density at radius 3 is 2.75 bits per heavy atom. The van der Waals surface area contributed by atoms with E-state index in [0.717, 1.165) is 40.7 Å². The molecule has 0 aliphatic carbocycles. The third-order valence-corrected chi connectivity index (χ3v) is 4.56. The molecule has 0 bridgehead atoms. The second kappa shape index (κ2) is 9.09. The minimum atomic E-state index is -0.724. The molecule has 0 amide bonds. The summed E-state index contributed by atoms with van der Waals surface area (Å²) in [6.45, 7) is 7.97. The van der Waals surface area contributed by atoms with Crippen molar-refractivity contribution in [1.82, 2.24) is 10.3 Å². The van der Waals surface area contributed by atoms with Crippen molar-refractivity contribution in [2.45, 2.75) is 38.8 Å². The molecule has 2 aromatic carbocycles. The number of aromatic nitrogens is 1. The van der Waals surface area contributed by atoms with Crippen LogP contribution in [0, 0.1) is 0 Å². The van der Waals surface area contributed by atoms with Gasteiger partial charge in [0.15, 0.2) is 0 Å². The standard InChI is InChI=1S/C24H30N2O2/c1-24(2,3)26-15-7-17-28-23-11-5-4-9-20(23)22(27)13-12-18-8-6-10-21-19(18)14-16-25-21/h4-6,8-14,16,22,25-27H,7,15,17H2,1-3H3. The SMILES string of the molecule is CC(C)(C)NCCCOc1ccccc1C(O)C=Cc1cccc2[nH]ccc12. The Balaban J connectivity index is 1.64. The number of hydrogen-bond acceptors (Lipinski definition) is 3. The zero-order chi connectivity index (χ0) is 20.0. The van der Waals surface area contributed by atoms with E-state index in [9.17, 15) is 5.11 Å². The summed E-state index contributed by atoms with van der Waals surface area (Å²) < 4.78 is 5.94. The van der Waals surface area contributed by atoms with Gasteiger partial charge in [-0.25, -0.2) is 0 Å². The lowest BCUT2D eigenvalue weighted by atomic mass is 10.0. The average Bonchev–Trinajstić information content (AvgIpc) is 3.14. The highest BCUT2D eigenvalue weighted by Crippen LogP contribution is 2.27. The maximum atomic E-state index is 10.7. The number of fused-ring (bicyclic) bond motifs is 1. The van der Waals surface area contributed by atoms with E-state index >= 15 is 0 Å². The van der Waals surface area contributed by atoms with Crippen LogP contribution in [0.25, 0.3) is 17.0 Å². The molecule has 0 aliphatic heterocycles. The Hall–Kier alpha value is -2.56. The van der Waals surface area contributed by atoms with Crippen LogP contribution in [-0.2, 0) is 0 Å². The molecule has 0 aliphatic rings. The molecule has 0 fully saturated rings. The number of para-hydroxylation sites is 1. The smallest absolute Gasteiger partial charge is 0.125 e. The van der Waals surface area contributed by atoms with Crippen molar-refractivity contribution in [3.8, 4) is 5.75 Å². The maximum Gasteiger partial charge on any atom is 0.125 e. The quantitative estimate of drug-likeness (QED) is 0.480. The molecule has 4 heteroatoms. The van der Waals surface area contributed by atoms with Gasteiger partial charge < -0.3 is 20.1 Å². The number of aliphatic hydroxyl groups excluding tert-OH is 1. The van der Waals surface area contributed by atoms with E-state index < -0.39 is 6.10 Å². The fourth-order valence-corrected chi connectivity index (χ4v) is 3.13. The van der Waals surface area contributed by atoms with Gasteiger partial charge in [-0.1, -0.05) is 42.5 Å². The molecule has 1 heterocycles. The van der Waals surface area contributed by atoms with Gasteiger partial charge in [0.05, 0.1) is 6.61 Å². The van der Waals surface area contributed by atoms with Crippen LogP contribution in [0.3, 0.4) is 0 Å². The zero-order valence-electron chi connectivity index (χ0n) is 16.9. The average molecular weight is 379 g/mol. The zero-order valence-corrected chi connectivity index (χ0v) is 16.9. The number of hydrogen-bond donors (Lipinski definition) is 3. The van der Waals surface area contributed by atoms with Gasteiger partial charge in [0.2, 0.25) is 0 Å². The van der Waals surface area contributed by atoms with Gasteiger partial charge in [-0.05, 0) is 57.5 Å². The van der Waals surface area contributed by atoms with Crippen molar-refractivity contribution in [2.24, 2.45) is 0 Å². The summed E-state index contributed by atoms with van der Waals surface area (Å²) >= 11 is 0. The molecule has 0 saturated carbocycles. The van der Waals surface area contributed by atoms with Crippen LogP contribution in [0.15, 0.2) is 60.8 Å². The van der Waals surface area contributed by atoms with Crippen molar-refractivity contribution in [1.29, 1.82) is 0 Å². The third kappa shape index (κ3) is 5.47. The predicted octanol–water partition coefficient (Wildman–Crippen LogP) is 5.07. The lowest BCUT2D eigenvalue weighted by Crippen LogP contribution is -2.36. The summed E-state index contributed by atoms with van der Waals surface area (Å²) in [6.07, 6.45) is 5.89. The van der Waals surface area contributed by atoms with Gasteiger partial charge in [-0.2, -0.15) is 0 Å². The molecule has 1 aromatic heterocycles. The first-order chi connectivity index (χ1) is 13.4. The number of nitrogens with one attached hydrogen (secondary N) is 2. The van der Waals surface area contributed by atoms with Gasteiger partial charge in [0, 0.05) is 28.2 Å². The van der Waals surface area contributed by atoms with Crippen molar-refractivity contribution in [2.75, 3.05) is 13.2 Å². The molecule has 28 heavy (non-hydrogen) atoms. The van der Waals surface area contributed by atoms with Gasteiger partial charge in [-0.3, -0.25) is 0 Å². The molecular formula is C24H30N2O2. The van der Waals surface area contributed by atoms with Crippen LogP contribution in [0.2, 0.25) is 0 Å². The highest BCUT2D eigenvalue weighted by atomic mass is 16.5. The van der Waals surface area contributed by atoms with Crippen LogP contribution in [0.4, 0.5) is 0 Å². The molecule has 0 spiro atoms. The van der Waals surface area contributed by atoms with E-state index in [1.54, 1.807) is 0 Å². The van der Waals surface area contributed by atoms with E-state index in [2.05, 4.69) is 31.1 Å². The number of aromatic amines is 1. The van der Waals surface area contributed by atoms with Crippen molar-refractivity contribution in [3.63, 3.8) is 0 Å². The monoisotopic (exact) mass is 378 g/mol. The Labute approximate surface area is 167 Å². The summed E-state index contributed by atoms with van der Waals surface area (Å²) in [6, 6.07) is 15.8. The Morgan fingerprint density at radius 1 is 1.11 bits per heavy atom. The molecule has 3 rings (SSSR count). The maximum absolute atomic E-state index is 10.7. The van der Waals surface area contributed by atoms with E-state index in [-0.39, 0.29) is 5.54 Å². The molecule has 148 valence electrons. The van der Waals surface area contributed by atoms with Crippen molar-refractivity contribution >= 4 is 17.0 Å². The lowest BCUT2D eigenvalue weighted by molar-refractivity contribution is 0.218. The van der Waals surface area contributed by atoms with E-state index in [1.807, 2.05) is 66.9 Å². The van der Waals surface area contributed by atoms with E-state index in [1.165, 1.54) is 0 Å². The summed E-state index contributed by atoms with van der Waals surface area (Å²) in [7, 11) is 0. The normalized spacial score (nSPS) is 13.3. The van der Waals surface area contributed by atoms with E-state index in [4.69, 9.17) is 4.74 Å². The van der Waals surface area contributed by atoms with Crippen LogP contribution in [0.5, 0.6) is 5.75 Å². The van der Waals surface area contributed by atoms with Crippen LogP contribution >= 0.6 is 0 Å². The summed E-state index contributed by atoms with van der Waals surface area (Å²) in [5, 5.41) is 15.3. The number of H-pyrrole nitrogens is 1. The molecule has 3 aromatic rings. The topological polar surface area (TPSA) is 57.3 Å². The largest absolute Gasteiger partial charge is 0.493 e. The van der Waals surface area contributed by atoms with Gasteiger partial charge in [0.1, 0.15) is 11.9 Å². The van der Waals surface area contributed by atoms with Crippen molar-refractivity contribution < 1.29 is 9.84 Å². The first-order valence-electron chi connectivity index (χ1n) is 9.83.